The van der Waals surface area contributed by atoms with Crippen LogP contribution >= 0.6 is 0 Å². The topological polar surface area (TPSA) is 96.5 Å². The van der Waals surface area contributed by atoms with Crippen molar-refractivity contribution in [2.45, 2.75) is 6.10 Å². The Hall–Kier alpha value is -1.67. The molecule has 1 unspecified atom stereocenters. The van der Waals surface area contributed by atoms with E-state index in [1.54, 1.807) is 11.9 Å². The molecule has 1 saturated heterocycles. The van der Waals surface area contributed by atoms with Gasteiger partial charge in [-0.15, -0.1) is 0 Å². The third-order valence-electron chi connectivity index (χ3n) is 2.75. The standard InChI is InChI=1S/C9H15N5O3/c1-12-9(8(5-11-12)14(16)17)13-3-2-10-4-7(15)6-13/h5,7,10,15H,2-4,6H2,1H3. The number of hydrogen-bond donors (Lipinski definition) is 2. The van der Waals surface area contributed by atoms with Crippen molar-refractivity contribution in [2.75, 3.05) is 31.1 Å². The van der Waals surface area contributed by atoms with Gasteiger partial charge >= 0.3 is 5.69 Å². The number of rotatable bonds is 2. The first-order chi connectivity index (χ1) is 8.09. The molecule has 8 heteroatoms. The zero-order valence-electron chi connectivity index (χ0n) is 9.54. The van der Waals surface area contributed by atoms with Crippen molar-refractivity contribution in [3.8, 4) is 0 Å². The summed E-state index contributed by atoms with van der Waals surface area (Å²) in [6.45, 7) is 2.16. The molecule has 94 valence electrons. The van der Waals surface area contributed by atoms with E-state index in [4.69, 9.17) is 0 Å². The van der Waals surface area contributed by atoms with E-state index in [9.17, 15) is 15.2 Å². The predicted molar refractivity (Wildman–Crippen MR) is 61.0 cm³/mol. The number of nitro groups is 1. The molecule has 0 aliphatic carbocycles. The van der Waals surface area contributed by atoms with Crippen LogP contribution in [-0.2, 0) is 7.05 Å². The molecule has 8 nitrogen and oxygen atoms in total. The van der Waals surface area contributed by atoms with Gasteiger partial charge in [0.1, 0.15) is 6.20 Å². The van der Waals surface area contributed by atoms with Gasteiger partial charge < -0.3 is 15.3 Å². The third kappa shape index (κ3) is 2.37. The lowest BCUT2D eigenvalue weighted by atomic mass is 10.3. The number of aromatic nitrogens is 2. The number of aliphatic hydroxyl groups is 1. The molecule has 0 spiro atoms. The second kappa shape index (κ2) is 4.68. The fraction of sp³-hybridized carbons (Fsp3) is 0.667. The minimum atomic E-state index is -0.535. The number of hydrogen-bond acceptors (Lipinski definition) is 6. The van der Waals surface area contributed by atoms with Crippen LogP contribution in [0, 0.1) is 10.1 Å². The fourth-order valence-corrected chi connectivity index (χ4v) is 2.00. The number of β-amino-alcohol motifs (C(OH)–C–C–N with tert-alkyl or cyclic N) is 1. The Kier molecular flexibility index (Phi) is 3.25. The number of aliphatic hydroxyl groups excluding tert-OH is 1. The monoisotopic (exact) mass is 241 g/mol. The quantitative estimate of drug-likeness (QED) is 0.514. The third-order valence-corrected chi connectivity index (χ3v) is 2.75. The van der Waals surface area contributed by atoms with Crippen LogP contribution in [0.25, 0.3) is 0 Å². The van der Waals surface area contributed by atoms with E-state index < -0.39 is 11.0 Å². The Bertz CT molecular complexity index is 419. The van der Waals surface area contributed by atoms with Crippen molar-refractivity contribution in [1.29, 1.82) is 0 Å². The molecule has 17 heavy (non-hydrogen) atoms. The van der Waals surface area contributed by atoms with Gasteiger partial charge in [0.25, 0.3) is 0 Å². The lowest BCUT2D eigenvalue weighted by molar-refractivity contribution is -0.384. The highest BCUT2D eigenvalue weighted by molar-refractivity contribution is 5.57. The minimum Gasteiger partial charge on any atom is -0.390 e. The molecule has 1 aliphatic heterocycles. The van der Waals surface area contributed by atoms with Gasteiger partial charge in [0.15, 0.2) is 0 Å². The van der Waals surface area contributed by atoms with Crippen molar-refractivity contribution in [3.63, 3.8) is 0 Å². The van der Waals surface area contributed by atoms with Gasteiger partial charge in [0.05, 0.1) is 11.0 Å². The summed E-state index contributed by atoms with van der Waals surface area (Å²) < 4.78 is 1.47. The first-order valence-corrected chi connectivity index (χ1v) is 5.39. The normalized spacial score (nSPS) is 21.3. The minimum absolute atomic E-state index is 0.0263. The summed E-state index contributed by atoms with van der Waals surface area (Å²) in [7, 11) is 1.66. The highest BCUT2D eigenvalue weighted by Crippen LogP contribution is 2.27. The maximum absolute atomic E-state index is 10.9. The van der Waals surface area contributed by atoms with Crippen molar-refractivity contribution in [3.05, 3.63) is 16.3 Å². The molecule has 1 fully saturated rings. The molecular weight excluding hydrogens is 226 g/mol. The summed E-state index contributed by atoms with van der Waals surface area (Å²) in [6, 6.07) is 0. The van der Waals surface area contributed by atoms with E-state index in [0.29, 0.717) is 32.0 Å². The first kappa shape index (κ1) is 11.8. The Morgan fingerprint density at radius 3 is 3.18 bits per heavy atom. The summed E-state index contributed by atoms with van der Waals surface area (Å²) in [5.41, 5.74) is -0.0263. The molecule has 0 amide bonds. The molecule has 0 saturated carbocycles. The van der Waals surface area contributed by atoms with Crippen LogP contribution in [0.2, 0.25) is 0 Å². The Morgan fingerprint density at radius 2 is 2.47 bits per heavy atom. The van der Waals surface area contributed by atoms with Crippen molar-refractivity contribution in [2.24, 2.45) is 7.05 Å². The number of nitrogens with zero attached hydrogens (tertiary/aromatic N) is 4. The Labute approximate surface area is 98.0 Å². The van der Waals surface area contributed by atoms with Crippen LogP contribution in [0.3, 0.4) is 0 Å². The van der Waals surface area contributed by atoms with Crippen LogP contribution in [-0.4, -0.2) is 52.1 Å². The molecule has 1 atom stereocenters. The summed E-state index contributed by atoms with van der Waals surface area (Å²) in [5, 5.41) is 27.5. The van der Waals surface area contributed by atoms with Gasteiger partial charge in [-0.25, -0.2) is 4.68 Å². The van der Waals surface area contributed by atoms with Crippen LogP contribution in [0.5, 0.6) is 0 Å². The smallest absolute Gasteiger partial charge is 0.331 e. The molecule has 0 radical (unpaired) electrons. The van der Waals surface area contributed by atoms with E-state index in [0.717, 1.165) is 0 Å². The van der Waals surface area contributed by atoms with Gasteiger partial charge in [-0.05, 0) is 0 Å². The summed E-state index contributed by atoms with van der Waals surface area (Å²) >= 11 is 0. The molecule has 2 N–H and O–H groups in total. The zero-order valence-corrected chi connectivity index (χ0v) is 9.54. The lowest BCUT2D eigenvalue weighted by Gasteiger charge is -2.22. The van der Waals surface area contributed by atoms with Crippen LogP contribution in [0.1, 0.15) is 0 Å². The Balaban J connectivity index is 2.31. The average molecular weight is 241 g/mol. The second-order valence-electron chi connectivity index (χ2n) is 4.04. The highest BCUT2D eigenvalue weighted by Gasteiger charge is 2.27. The van der Waals surface area contributed by atoms with Crippen LogP contribution in [0.4, 0.5) is 11.5 Å². The average Bonchev–Trinajstić information content (AvgIpc) is 2.52. The van der Waals surface area contributed by atoms with E-state index in [-0.39, 0.29) is 5.69 Å². The van der Waals surface area contributed by atoms with Crippen molar-refractivity contribution < 1.29 is 10.0 Å². The van der Waals surface area contributed by atoms with Crippen LogP contribution < -0.4 is 10.2 Å². The lowest BCUT2D eigenvalue weighted by Crippen LogP contribution is -2.34. The molecule has 0 bridgehead atoms. The predicted octanol–water partition coefficient (Wildman–Crippen LogP) is -0.901. The maximum atomic E-state index is 10.9. The summed E-state index contributed by atoms with van der Waals surface area (Å²) in [4.78, 5) is 12.2. The molecular formula is C9H15N5O3. The van der Waals surface area contributed by atoms with E-state index in [2.05, 4.69) is 10.4 Å². The van der Waals surface area contributed by atoms with Gasteiger partial charge in [-0.2, -0.15) is 5.10 Å². The summed E-state index contributed by atoms with van der Waals surface area (Å²) in [6.07, 6.45) is 0.701. The fourth-order valence-electron chi connectivity index (χ4n) is 2.00. The molecule has 0 aromatic carbocycles. The van der Waals surface area contributed by atoms with Gasteiger partial charge in [-0.3, -0.25) is 10.1 Å². The van der Waals surface area contributed by atoms with E-state index in [1.807, 2.05) is 0 Å². The zero-order chi connectivity index (χ0) is 12.4. The van der Waals surface area contributed by atoms with Crippen molar-refractivity contribution >= 4 is 11.5 Å². The molecule has 2 rings (SSSR count). The van der Waals surface area contributed by atoms with Crippen LogP contribution in [0.15, 0.2) is 6.20 Å². The van der Waals surface area contributed by atoms with Crippen molar-refractivity contribution in [1.82, 2.24) is 15.1 Å². The SMILES string of the molecule is Cn1ncc([N+](=O)[O-])c1N1CCNCC(O)C1. The highest BCUT2D eigenvalue weighted by atomic mass is 16.6. The molecule has 1 aromatic heterocycles. The van der Waals surface area contributed by atoms with E-state index >= 15 is 0 Å². The van der Waals surface area contributed by atoms with Gasteiger partial charge in [0, 0.05) is 33.2 Å². The largest absolute Gasteiger partial charge is 0.390 e. The number of anilines is 1. The van der Waals surface area contributed by atoms with Gasteiger partial charge in [0.2, 0.25) is 5.82 Å². The number of aryl methyl sites for hydroxylation is 1. The number of nitrogens with one attached hydrogen (secondary N) is 1. The van der Waals surface area contributed by atoms with E-state index in [1.165, 1.54) is 10.9 Å². The summed E-state index contributed by atoms with van der Waals surface area (Å²) in [5.74, 6) is 0.442. The molecule has 2 heterocycles. The first-order valence-electron chi connectivity index (χ1n) is 5.39. The Morgan fingerprint density at radius 1 is 1.71 bits per heavy atom. The molecule has 1 aromatic rings. The molecule has 1 aliphatic rings. The second-order valence-corrected chi connectivity index (χ2v) is 4.04. The maximum Gasteiger partial charge on any atom is 0.331 e. The van der Waals surface area contributed by atoms with Gasteiger partial charge in [-0.1, -0.05) is 0 Å².